The Hall–Kier alpha value is -0.610. The predicted molar refractivity (Wildman–Crippen MR) is 96.5 cm³/mol. The largest absolute Gasteiger partial charge is 0.340 e. The summed E-state index contributed by atoms with van der Waals surface area (Å²) in [6, 6.07) is 0.598. The summed E-state index contributed by atoms with van der Waals surface area (Å²) >= 11 is 0. The van der Waals surface area contributed by atoms with Gasteiger partial charge in [0, 0.05) is 45.2 Å². The topological polar surface area (TPSA) is 26.8 Å². The SMILES string of the molecule is CC(C)CC1CCN(CCCC(=O)N2CCN(C(C)C)CC2)C1. The van der Waals surface area contributed by atoms with Crippen molar-refractivity contribution in [1.82, 2.24) is 14.7 Å². The van der Waals surface area contributed by atoms with Crippen molar-refractivity contribution in [3.63, 3.8) is 0 Å². The molecule has 0 aromatic carbocycles. The summed E-state index contributed by atoms with van der Waals surface area (Å²) in [5.41, 5.74) is 0. The second-order valence-corrected chi connectivity index (χ2v) is 8.20. The van der Waals surface area contributed by atoms with Crippen LogP contribution in [-0.2, 0) is 4.79 Å². The van der Waals surface area contributed by atoms with Crippen molar-refractivity contribution in [3.05, 3.63) is 0 Å². The van der Waals surface area contributed by atoms with Gasteiger partial charge in [-0.1, -0.05) is 13.8 Å². The Morgan fingerprint density at radius 3 is 2.35 bits per heavy atom. The Morgan fingerprint density at radius 1 is 1.04 bits per heavy atom. The number of nitrogens with zero attached hydrogens (tertiary/aromatic N) is 3. The van der Waals surface area contributed by atoms with Crippen LogP contribution in [0.5, 0.6) is 0 Å². The van der Waals surface area contributed by atoms with Crippen molar-refractivity contribution in [2.24, 2.45) is 11.8 Å². The zero-order valence-electron chi connectivity index (χ0n) is 15.8. The highest BCUT2D eigenvalue weighted by molar-refractivity contribution is 5.76. The highest BCUT2D eigenvalue weighted by atomic mass is 16.2. The molecule has 23 heavy (non-hydrogen) atoms. The molecular weight excluding hydrogens is 286 g/mol. The van der Waals surface area contributed by atoms with Crippen molar-refractivity contribution in [2.75, 3.05) is 45.8 Å². The van der Waals surface area contributed by atoms with E-state index in [0.29, 0.717) is 11.9 Å². The van der Waals surface area contributed by atoms with Crippen LogP contribution in [0.25, 0.3) is 0 Å². The molecule has 4 nitrogen and oxygen atoms in total. The van der Waals surface area contributed by atoms with Gasteiger partial charge in [-0.2, -0.15) is 0 Å². The van der Waals surface area contributed by atoms with Gasteiger partial charge in [-0.25, -0.2) is 0 Å². The lowest BCUT2D eigenvalue weighted by Crippen LogP contribution is -2.50. The maximum absolute atomic E-state index is 12.3. The number of piperazine rings is 1. The number of hydrogen-bond donors (Lipinski definition) is 0. The molecule has 0 saturated carbocycles. The Balaban J connectivity index is 1.59. The first-order valence-electron chi connectivity index (χ1n) is 9.70. The van der Waals surface area contributed by atoms with E-state index in [1.54, 1.807) is 0 Å². The van der Waals surface area contributed by atoms with Crippen molar-refractivity contribution >= 4 is 5.91 Å². The lowest BCUT2D eigenvalue weighted by Gasteiger charge is -2.37. The van der Waals surface area contributed by atoms with Gasteiger partial charge in [0.2, 0.25) is 5.91 Å². The fourth-order valence-corrected chi connectivity index (χ4v) is 4.07. The van der Waals surface area contributed by atoms with Crippen molar-refractivity contribution in [1.29, 1.82) is 0 Å². The smallest absolute Gasteiger partial charge is 0.222 e. The van der Waals surface area contributed by atoms with Gasteiger partial charge in [0.25, 0.3) is 0 Å². The number of carbonyl (C=O) groups excluding carboxylic acids is 1. The third-order valence-electron chi connectivity index (χ3n) is 5.44. The molecule has 0 N–H and O–H groups in total. The summed E-state index contributed by atoms with van der Waals surface area (Å²) in [5.74, 6) is 2.06. The van der Waals surface area contributed by atoms with Gasteiger partial charge in [0.1, 0.15) is 0 Å². The van der Waals surface area contributed by atoms with E-state index in [4.69, 9.17) is 0 Å². The van der Waals surface area contributed by atoms with Gasteiger partial charge in [-0.3, -0.25) is 9.69 Å². The van der Waals surface area contributed by atoms with Crippen LogP contribution in [0, 0.1) is 11.8 Å². The average molecular weight is 324 g/mol. The van der Waals surface area contributed by atoms with E-state index in [1.807, 2.05) is 0 Å². The van der Waals surface area contributed by atoms with Crippen LogP contribution in [-0.4, -0.2) is 72.5 Å². The van der Waals surface area contributed by atoms with Gasteiger partial charge in [-0.15, -0.1) is 0 Å². The minimum Gasteiger partial charge on any atom is -0.340 e. The van der Waals surface area contributed by atoms with Gasteiger partial charge in [0.05, 0.1) is 0 Å². The molecule has 1 unspecified atom stereocenters. The summed E-state index contributed by atoms with van der Waals surface area (Å²) in [7, 11) is 0. The maximum Gasteiger partial charge on any atom is 0.222 e. The molecule has 2 heterocycles. The molecule has 0 aromatic rings. The lowest BCUT2D eigenvalue weighted by atomic mass is 9.97. The van der Waals surface area contributed by atoms with Crippen LogP contribution in [0.2, 0.25) is 0 Å². The van der Waals surface area contributed by atoms with Gasteiger partial charge in [-0.05, 0) is 58.0 Å². The number of hydrogen-bond acceptors (Lipinski definition) is 3. The lowest BCUT2D eigenvalue weighted by molar-refractivity contribution is -0.133. The molecule has 134 valence electrons. The van der Waals surface area contributed by atoms with Crippen molar-refractivity contribution in [2.45, 2.75) is 59.4 Å². The van der Waals surface area contributed by atoms with Crippen LogP contribution in [0.3, 0.4) is 0 Å². The first-order valence-corrected chi connectivity index (χ1v) is 9.70. The van der Waals surface area contributed by atoms with Crippen LogP contribution >= 0.6 is 0 Å². The van der Waals surface area contributed by atoms with Crippen LogP contribution in [0.4, 0.5) is 0 Å². The molecule has 2 aliphatic rings. The molecule has 1 atom stereocenters. The Kier molecular flexibility index (Phi) is 7.35. The molecule has 0 radical (unpaired) electrons. The van der Waals surface area contributed by atoms with E-state index in [1.165, 1.54) is 25.9 Å². The molecule has 4 heteroatoms. The average Bonchev–Trinajstić information content (AvgIpc) is 2.93. The first kappa shape index (κ1) is 18.7. The summed E-state index contributed by atoms with van der Waals surface area (Å²) in [6.07, 6.45) is 4.46. The fourth-order valence-electron chi connectivity index (χ4n) is 4.07. The Morgan fingerprint density at radius 2 is 1.74 bits per heavy atom. The van der Waals surface area contributed by atoms with E-state index in [2.05, 4.69) is 42.4 Å². The first-order chi connectivity index (χ1) is 11.0. The summed E-state index contributed by atoms with van der Waals surface area (Å²) in [5, 5.41) is 0. The predicted octanol–water partition coefficient (Wildman–Crippen LogP) is 2.69. The zero-order chi connectivity index (χ0) is 16.8. The highest BCUT2D eigenvalue weighted by Gasteiger charge is 2.24. The molecule has 0 aliphatic carbocycles. The van der Waals surface area contributed by atoms with Crippen molar-refractivity contribution in [3.8, 4) is 0 Å². The number of likely N-dealkylation sites (tertiary alicyclic amines) is 1. The summed E-state index contributed by atoms with van der Waals surface area (Å²) < 4.78 is 0. The standard InChI is InChI=1S/C19H37N3O/c1-16(2)14-18-7-9-20(15-18)8-5-6-19(23)22-12-10-21(11-13-22)17(3)4/h16-18H,5-15H2,1-4H3. The minimum absolute atomic E-state index is 0.367. The van der Waals surface area contributed by atoms with E-state index in [0.717, 1.165) is 57.4 Å². The summed E-state index contributed by atoms with van der Waals surface area (Å²) in [4.78, 5) is 19.4. The number of rotatable bonds is 7. The molecule has 0 bridgehead atoms. The monoisotopic (exact) mass is 323 g/mol. The summed E-state index contributed by atoms with van der Waals surface area (Å²) in [6.45, 7) is 16.6. The third kappa shape index (κ3) is 6.07. The normalized spacial score (nSPS) is 24.1. The van der Waals surface area contributed by atoms with E-state index < -0.39 is 0 Å². The molecule has 2 rings (SSSR count). The Labute approximate surface area is 143 Å². The molecule has 2 fully saturated rings. The molecule has 2 aliphatic heterocycles. The maximum atomic E-state index is 12.3. The number of amides is 1. The minimum atomic E-state index is 0.367. The molecule has 1 amide bonds. The van der Waals surface area contributed by atoms with Gasteiger partial charge >= 0.3 is 0 Å². The van der Waals surface area contributed by atoms with Gasteiger partial charge in [0.15, 0.2) is 0 Å². The molecule has 0 spiro atoms. The van der Waals surface area contributed by atoms with Gasteiger partial charge < -0.3 is 9.80 Å². The molecular formula is C19H37N3O. The molecule has 2 saturated heterocycles. The fraction of sp³-hybridized carbons (Fsp3) is 0.947. The van der Waals surface area contributed by atoms with Crippen LogP contribution in [0.15, 0.2) is 0 Å². The zero-order valence-corrected chi connectivity index (χ0v) is 15.8. The van der Waals surface area contributed by atoms with E-state index in [-0.39, 0.29) is 0 Å². The van der Waals surface area contributed by atoms with Crippen LogP contribution < -0.4 is 0 Å². The van der Waals surface area contributed by atoms with E-state index >= 15 is 0 Å². The third-order valence-corrected chi connectivity index (χ3v) is 5.44. The highest BCUT2D eigenvalue weighted by Crippen LogP contribution is 2.23. The Bertz CT molecular complexity index is 362. The van der Waals surface area contributed by atoms with Crippen molar-refractivity contribution < 1.29 is 4.79 Å². The quantitative estimate of drug-likeness (QED) is 0.721. The molecule has 0 aromatic heterocycles. The second kappa shape index (κ2) is 9.03. The number of carbonyl (C=O) groups is 1. The van der Waals surface area contributed by atoms with Crippen LogP contribution in [0.1, 0.15) is 53.4 Å². The second-order valence-electron chi connectivity index (χ2n) is 8.20. The van der Waals surface area contributed by atoms with E-state index in [9.17, 15) is 4.79 Å².